The topological polar surface area (TPSA) is 63.4 Å². The lowest BCUT2D eigenvalue weighted by atomic mass is 10.1. The van der Waals surface area contributed by atoms with Gasteiger partial charge in [-0.05, 0) is 30.5 Å². The van der Waals surface area contributed by atoms with Crippen molar-refractivity contribution in [2.24, 2.45) is 5.92 Å². The first kappa shape index (κ1) is 16.9. The summed E-state index contributed by atoms with van der Waals surface area (Å²) in [7, 11) is -3.63. The van der Waals surface area contributed by atoms with Crippen LogP contribution in [0, 0.1) is 18.7 Å². The molecule has 0 aliphatic carbocycles. The number of sulfonamides is 1. The predicted octanol–water partition coefficient (Wildman–Crippen LogP) is 2.77. The Morgan fingerprint density at radius 3 is 2.40 bits per heavy atom. The summed E-state index contributed by atoms with van der Waals surface area (Å²) in [6, 6.07) is 2.53. The summed E-state index contributed by atoms with van der Waals surface area (Å²) in [6.45, 7) is 8.15. The van der Waals surface area contributed by atoms with E-state index in [0.717, 1.165) is 6.42 Å². The molecule has 0 saturated carbocycles. The lowest BCUT2D eigenvalue weighted by Gasteiger charge is -2.24. The van der Waals surface area contributed by atoms with Crippen LogP contribution in [0.15, 0.2) is 17.0 Å². The van der Waals surface area contributed by atoms with E-state index in [9.17, 15) is 12.8 Å². The maximum Gasteiger partial charge on any atom is 0.243 e. The van der Waals surface area contributed by atoms with E-state index >= 15 is 0 Å². The van der Waals surface area contributed by atoms with E-state index in [4.69, 9.17) is 5.73 Å². The van der Waals surface area contributed by atoms with Crippen molar-refractivity contribution >= 4 is 15.7 Å². The molecule has 0 aromatic heterocycles. The van der Waals surface area contributed by atoms with Crippen molar-refractivity contribution in [2.45, 2.75) is 39.0 Å². The standard InChI is InChI=1S/C14H23FN2O2S/c1-5-10(3)9-17(6-2)20(18,19)12-7-11(4)14(15)13(16)8-12/h7-8,10H,5-6,9,16H2,1-4H3. The Bertz CT molecular complexity index is 550. The molecule has 0 aliphatic rings. The van der Waals surface area contributed by atoms with E-state index in [2.05, 4.69) is 0 Å². The van der Waals surface area contributed by atoms with Gasteiger partial charge in [0.15, 0.2) is 0 Å². The third kappa shape index (κ3) is 3.49. The lowest BCUT2D eigenvalue weighted by Crippen LogP contribution is -2.34. The monoisotopic (exact) mass is 302 g/mol. The summed E-state index contributed by atoms with van der Waals surface area (Å²) in [4.78, 5) is 0.0547. The first-order valence-electron chi connectivity index (χ1n) is 6.79. The number of benzene rings is 1. The molecular weight excluding hydrogens is 279 g/mol. The SMILES string of the molecule is CCC(C)CN(CC)S(=O)(=O)c1cc(C)c(F)c(N)c1. The first-order chi connectivity index (χ1) is 9.23. The zero-order valence-corrected chi connectivity index (χ0v) is 13.3. The van der Waals surface area contributed by atoms with Crippen molar-refractivity contribution in [3.63, 3.8) is 0 Å². The minimum Gasteiger partial charge on any atom is -0.396 e. The number of nitrogen functional groups attached to an aromatic ring is 1. The van der Waals surface area contributed by atoms with Crippen LogP contribution in [-0.2, 0) is 10.0 Å². The number of nitrogens with two attached hydrogens (primary N) is 1. The average molecular weight is 302 g/mol. The number of halogens is 1. The molecule has 1 aromatic rings. The van der Waals surface area contributed by atoms with Gasteiger partial charge in [0.05, 0.1) is 10.6 Å². The number of hydrogen-bond donors (Lipinski definition) is 1. The molecule has 4 nitrogen and oxygen atoms in total. The number of aryl methyl sites for hydroxylation is 1. The van der Waals surface area contributed by atoms with Crippen molar-refractivity contribution in [1.29, 1.82) is 0 Å². The molecule has 0 radical (unpaired) electrons. The van der Waals surface area contributed by atoms with Crippen molar-refractivity contribution in [3.8, 4) is 0 Å². The Morgan fingerprint density at radius 1 is 1.35 bits per heavy atom. The summed E-state index contributed by atoms with van der Waals surface area (Å²) in [5.41, 5.74) is 5.63. The minimum atomic E-state index is -3.63. The summed E-state index contributed by atoms with van der Waals surface area (Å²) < 4.78 is 40.1. The van der Waals surface area contributed by atoms with Crippen molar-refractivity contribution in [1.82, 2.24) is 4.31 Å². The van der Waals surface area contributed by atoms with Gasteiger partial charge >= 0.3 is 0 Å². The molecule has 1 aromatic carbocycles. The highest BCUT2D eigenvalue weighted by Crippen LogP contribution is 2.24. The smallest absolute Gasteiger partial charge is 0.243 e. The Balaban J connectivity index is 3.21. The molecule has 0 spiro atoms. The Hall–Kier alpha value is -1.14. The zero-order chi connectivity index (χ0) is 15.5. The molecule has 0 amide bonds. The van der Waals surface area contributed by atoms with Crippen LogP contribution in [0.5, 0.6) is 0 Å². The van der Waals surface area contributed by atoms with Gasteiger partial charge in [-0.1, -0.05) is 27.2 Å². The zero-order valence-electron chi connectivity index (χ0n) is 12.5. The van der Waals surface area contributed by atoms with Gasteiger partial charge in [0.1, 0.15) is 5.82 Å². The minimum absolute atomic E-state index is 0.0547. The second kappa shape index (κ2) is 6.54. The first-order valence-corrected chi connectivity index (χ1v) is 8.23. The summed E-state index contributed by atoms with van der Waals surface area (Å²) in [5.74, 6) is -0.294. The summed E-state index contributed by atoms with van der Waals surface area (Å²) >= 11 is 0. The molecule has 1 atom stereocenters. The van der Waals surface area contributed by atoms with Crippen LogP contribution in [0.25, 0.3) is 0 Å². The third-order valence-corrected chi connectivity index (χ3v) is 5.38. The van der Waals surface area contributed by atoms with Gasteiger partial charge in [-0.2, -0.15) is 4.31 Å². The van der Waals surface area contributed by atoms with E-state index in [0.29, 0.717) is 13.1 Å². The van der Waals surface area contributed by atoms with Gasteiger partial charge in [-0.3, -0.25) is 0 Å². The molecule has 0 aliphatic heterocycles. The van der Waals surface area contributed by atoms with Gasteiger partial charge < -0.3 is 5.73 Å². The van der Waals surface area contributed by atoms with Gasteiger partial charge in [-0.15, -0.1) is 0 Å². The molecule has 0 fully saturated rings. The highest BCUT2D eigenvalue weighted by molar-refractivity contribution is 7.89. The molecule has 0 saturated heterocycles. The summed E-state index contributed by atoms with van der Waals surface area (Å²) in [5, 5.41) is 0. The molecule has 0 heterocycles. The highest BCUT2D eigenvalue weighted by Gasteiger charge is 2.25. The highest BCUT2D eigenvalue weighted by atomic mass is 32.2. The second-order valence-corrected chi connectivity index (χ2v) is 7.05. The third-order valence-electron chi connectivity index (χ3n) is 3.46. The largest absolute Gasteiger partial charge is 0.396 e. The Labute approximate surface area is 120 Å². The van der Waals surface area contributed by atoms with Crippen molar-refractivity contribution in [2.75, 3.05) is 18.8 Å². The molecule has 20 heavy (non-hydrogen) atoms. The van der Waals surface area contributed by atoms with Crippen LogP contribution in [0.1, 0.15) is 32.8 Å². The van der Waals surface area contributed by atoms with Crippen LogP contribution in [-0.4, -0.2) is 25.8 Å². The maximum atomic E-state index is 13.5. The molecule has 0 bridgehead atoms. The Morgan fingerprint density at radius 2 is 1.95 bits per heavy atom. The van der Waals surface area contributed by atoms with E-state index in [-0.39, 0.29) is 22.1 Å². The maximum absolute atomic E-state index is 13.5. The van der Waals surface area contributed by atoms with Crippen molar-refractivity contribution < 1.29 is 12.8 Å². The van der Waals surface area contributed by atoms with Crippen molar-refractivity contribution in [3.05, 3.63) is 23.5 Å². The van der Waals surface area contributed by atoms with Crippen LogP contribution < -0.4 is 5.73 Å². The fourth-order valence-corrected chi connectivity index (χ4v) is 3.63. The Kier molecular flexibility index (Phi) is 5.53. The summed E-state index contributed by atoms with van der Waals surface area (Å²) in [6.07, 6.45) is 0.899. The van der Waals surface area contributed by atoms with Gasteiger partial charge in [0.25, 0.3) is 0 Å². The number of nitrogens with zero attached hydrogens (tertiary/aromatic N) is 1. The molecular formula is C14H23FN2O2S. The number of anilines is 1. The van der Waals surface area contributed by atoms with Gasteiger partial charge in [0.2, 0.25) is 10.0 Å². The van der Waals surface area contributed by atoms with E-state index < -0.39 is 15.8 Å². The van der Waals surface area contributed by atoms with E-state index in [1.165, 1.54) is 23.4 Å². The van der Waals surface area contributed by atoms with E-state index in [1.807, 2.05) is 13.8 Å². The van der Waals surface area contributed by atoms with Crippen LogP contribution in [0.2, 0.25) is 0 Å². The van der Waals surface area contributed by atoms with Crippen LogP contribution in [0.3, 0.4) is 0 Å². The second-order valence-electron chi connectivity index (χ2n) is 5.11. The number of rotatable bonds is 6. The van der Waals surface area contributed by atoms with Crippen LogP contribution in [0.4, 0.5) is 10.1 Å². The van der Waals surface area contributed by atoms with Gasteiger partial charge in [-0.25, -0.2) is 12.8 Å². The fourth-order valence-electron chi connectivity index (χ4n) is 1.93. The fraction of sp³-hybridized carbons (Fsp3) is 0.571. The predicted molar refractivity (Wildman–Crippen MR) is 79.4 cm³/mol. The molecule has 2 N–H and O–H groups in total. The lowest BCUT2D eigenvalue weighted by molar-refractivity contribution is 0.361. The average Bonchev–Trinajstić information content (AvgIpc) is 2.40. The quantitative estimate of drug-likeness (QED) is 0.822. The van der Waals surface area contributed by atoms with Gasteiger partial charge in [0, 0.05) is 13.1 Å². The normalized spacial score (nSPS) is 13.7. The molecule has 1 rings (SSSR count). The van der Waals surface area contributed by atoms with Crippen LogP contribution >= 0.6 is 0 Å². The number of hydrogen-bond acceptors (Lipinski definition) is 3. The van der Waals surface area contributed by atoms with E-state index in [1.54, 1.807) is 6.92 Å². The molecule has 114 valence electrons. The molecule has 1 unspecified atom stereocenters. The molecule has 6 heteroatoms.